The van der Waals surface area contributed by atoms with Crippen LogP contribution in [0.2, 0.25) is 0 Å². The summed E-state index contributed by atoms with van der Waals surface area (Å²) in [4.78, 5) is 2.80. The van der Waals surface area contributed by atoms with Crippen molar-refractivity contribution in [3.63, 3.8) is 0 Å². The fourth-order valence-electron chi connectivity index (χ4n) is 1.60. The highest BCUT2D eigenvalue weighted by molar-refractivity contribution is 8.19. The molecule has 0 nitrogen and oxygen atoms in total. The summed E-state index contributed by atoms with van der Waals surface area (Å²) in [6.45, 7) is 2.22. The van der Waals surface area contributed by atoms with Crippen molar-refractivity contribution < 1.29 is 0 Å². The second kappa shape index (κ2) is 5.51. The van der Waals surface area contributed by atoms with Gasteiger partial charge in [0, 0.05) is 9.79 Å². The number of hydrogen-bond donors (Lipinski definition) is 0. The Morgan fingerprint density at radius 1 is 1.27 bits per heavy atom. The number of rotatable bonds is 4. The Bertz CT molecular complexity index is 302. The minimum absolute atomic E-state index is 0.298. The van der Waals surface area contributed by atoms with E-state index in [1.54, 1.807) is 0 Å². The molecule has 82 valence electrons. The topological polar surface area (TPSA) is 0 Å². The Kier molecular flexibility index (Phi) is 4.30. The highest BCUT2D eigenvalue weighted by Gasteiger charge is 2.28. The molecule has 0 saturated carbocycles. The van der Waals surface area contributed by atoms with Crippen LogP contribution in [0, 0.1) is 0 Å². The average molecular weight is 259 g/mol. The smallest absolute Gasteiger partial charge is 0.0760 e. The molecular formula is C12H15ClS2. The fourth-order valence-corrected chi connectivity index (χ4v) is 4.92. The third-order valence-electron chi connectivity index (χ3n) is 2.46. The molecule has 0 amide bonds. The summed E-state index contributed by atoms with van der Waals surface area (Å²) in [6, 6.07) is 8.58. The van der Waals surface area contributed by atoms with Gasteiger partial charge in [0.1, 0.15) is 0 Å². The highest BCUT2D eigenvalue weighted by atomic mass is 35.5. The van der Waals surface area contributed by atoms with Gasteiger partial charge in [0.2, 0.25) is 0 Å². The minimum Gasteiger partial charge on any atom is -0.121 e. The summed E-state index contributed by atoms with van der Waals surface area (Å²) < 4.78 is 0.510. The van der Waals surface area contributed by atoms with Crippen LogP contribution in [0.15, 0.2) is 34.1 Å². The Hall–Kier alpha value is 0.210. The first-order valence-corrected chi connectivity index (χ1v) is 7.57. The van der Waals surface area contributed by atoms with Crippen LogP contribution in [0.5, 0.6) is 0 Å². The lowest BCUT2D eigenvalue weighted by Crippen LogP contribution is -2.10. The van der Waals surface area contributed by atoms with Crippen LogP contribution < -0.4 is 0 Å². The lowest BCUT2D eigenvalue weighted by molar-refractivity contribution is 0.703. The van der Waals surface area contributed by atoms with E-state index < -0.39 is 0 Å². The molecule has 1 heterocycles. The normalized spacial score (nSPS) is 17.7. The van der Waals surface area contributed by atoms with Crippen molar-refractivity contribution in [2.24, 2.45) is 0 Å². The van der Waals surface area contributed by atoms with Crippen molar-refractivity contribution in [2.45, 2.75) is 45.9 Å². The van der Waals surface area contributed by atoms with Crippen LogP contribution in [0.1, 0.15) is 26.2 Å². The molecule has 1 aromatic rings. The summed E-state index contributed by atoms with van der Waals surface area (Å²) in [5.74, 6) is 0. The first-order valence-electron chi connectivity index (χ1n) is 5.37. The van der Waals surface area contributed by atoms with Crippen molar-refractivity contribution >= 4 is 35.1 Å². The predicted molar refractivity (Wildman–Crippen MR) is 71.1 cm³/mol. The van der Waals surface area contributed by atoms with E-state index >= 15 is 0 Å². The molecule has 1 aromatic carbocycles. The van der Waals surface area contributed by atoms with Crippen molar-refractivity contribution in [2.75, 3.05) is 0 Å². The molecule has 1 unspecified atom stereocenters. The summed E-state index contributed by atoms with van der Waals surface area (Å²) in [7, 11) is 0. The number of hydrogen-bond acceptors (Lipinski definition) is 2. The first-order chi connectivity index (χ1) is 7.31. The van der Waals surface area contributed by atoms with E-state index in [0.29, 0.717) is 9.96 Å². The van der Waals surface area contributed by atoms with Gasteiger partial charge in [-0.25, -0.2) is 0 Å². The van der Waals surface area contributed by atoms with Crippen molar-refractivity contribution in [1.82, 2.24) is 0 Å². The molecule has 0 bridgehead atoms. The second-order valence-electron chi connectivity index (χ2n) is 3.71. The van der Waals surface area contributed by atoms with E-state index in [1.807, 2.05) is 23.5 Å². The van der Waals surface area contributed by atoms with Crippen LogP contribution >= 0.6 is 35.1 Å². The molecule has 0 fully saturated rings. The number of unbranched alkanes of at least 4 members (excludes halogenated alkanes) is 1. The lowest BCUT2D eigenvalue weighted by Gasteiger charge is -2.14. The maximum atomic E-state index is 6.41. The number of alkyl halides is 1. The van der Waals surface area contributed by atoms with Crippen LogP contribution in [0.25, 0.3) is 0 Å². The number of halogens is 1. The van der Waals surface area contributed by atoms with E-state index in [2.05, 4.69) is 31.2 Å². The molecule has 0 radical (unpaired) electrons. The largest absolute Gasteiger partial charge is 0.121 e. The van der Waals surface area contributed by atoms with Gasteiger partial charge >= 0.3 is 0 Å². The second-order valence-corrected chi connectivity index (χ2v) is 6.93. The zero-order valence-corrected chi connectivity index (χ0v) is 11.2. The van der Waals surface area contributed by atoms with Crippen LogP contribution in [0.4, 0.5) is 0 Å². The van der Waals surface area contributed by atoms with Crippen LogP contribution in [-0.4, -0.2) is 9.96 Å². The Morgan fingerprint density at radius 3 is 2.40 bits per heavy atom. The predicted octanol–water partition coefficient (Wildman–Crippen LogP) is 5.01. The van der Waals surface area contributed by atoms with Gasteiger partial charge < -0.3 is 0 Å². The molecule has 0 spiro atoms. The van der Waals surface area contributed by atoms with E-state index in [4.69, 9.17) is 11.6 Å². The average Bonchev–Trinajstić information content (AvgIpc) is 2.69. The molecule has 0 aromatic heterocycles. The molecule has 1 aliphatic rings. The molecule has 3 heteroatoms. The molecule has 1 atom stereocenters. The maximum Gasteiger partial charge on any atom is 0.0760 e. The Morgan fingerprint density at radius 2 is 1.87 bits per heavy atom. The van der Waals surface area contributed by atoms with Gasteiger partial charge in [-0.1, -0.05) is 31.9 Å². The van der Waals surface area contributed by atoms with Crippen LogP contribution in [-0.2, 0) is 0 Å². The SMILES string of the molecule is CCCCC(Cl)C1Sc2ccccc2S1. The van der Waals surface area contributed by atoms with E-state index in [-0.39, 0.29) is 0 Å². The summed E-state index contributed by atoms with van der Waals surface area (Å²) >= 11 is 10.3. The van der Waals surface area contributed by atoms with Crippen molar-refractivity contribution in [3.05, 3.63) is 24.3 Å². The molecule has 1 aliphatic heterocycles. The van der Waals surface area contributed by atoms with E-state index in [0.717, 1.165) is 6.42 Å². The van der Waals surface area contributed by atoms with Gasteiger partial charge in [-0.3, -0.25) is 0 Å². The third kappa shape index (κ3) is 2.86. The standard InChI is InChI=1S/C12H15ClS2/c1-2-3-6-9(13)12-14-10-7-4-5-8-11(10)15-12/h4-5,7-9,12H,2-3,6H2,1H3. The van der Waals surface area contributed by atoms with Crippen molar-refractivity contribution in [1.29, 1.82) is 0 Å². The summed E-state index contributed by atoms with van der Waals surface area (Å²) in [6.07, 6.45) is 3.61. The number of benzene rings is 1. The molecule has 0 saturated heterocycles. The highest BCUT2D eigenvalue weighted by Crippen LogP contribution is 2.50. The van der Waals surface area contributed by atoms with Gasteiger partial charge in [0.05, 0.1) is 9.96 Å². The number of fused-ring (bicyclic) bond motifs is 1. The monoisotopic (exact) mass is 258 g/mol. The first kappa shape index (κ1) is 11.7. The third-order valence-corrected chi connectivity index (χ3v) is 6.28. The lowest BCUT2D eigenvalue weighted by atomic mass is 10.2. The zero-order valence-electron chi connectivity index (χ0n) is 8.78. The Labute approximate surface area is 105 Å². The summed E-state index contributed by atoms with van der Waals surface area (Å²) in [5.41, 5.74) is 0. The summed E-state index contributed by atoms with van der Waals surface area (Å²) in [5, 5.41) is 0.298. The zero-order chi connectivity index (χ0) is 10.7. The van der Waals surface area contributed by atoms with Gasteiger partial charge in [0.15, 0.2) is 0 Å². The van der Waals surface area contributed by atoms with Crippen LogP contribution in [0.3, 0.4) is 0 Å². The van der Waals surface area contributed by atoms with E-state index in [9.17, 15) is 0 Å². The Balaban J connectivity index is 1.94. The molecular weight excluding hydrogens is 244 g/mol. The van der Waals surface area contributed by atoms with Gasteiger partial charge in [-0.05, 0) is 18.6 Å². The molecule has 15 heavy (non-hydrogen) atoms. The quantitative estimate of drug-likeness (QED) is 0.697. The maximum absolute atomic E-state index is 6.41. The van der Waals surface area contributed by atoms with E-state index in [1.165, 1.54) is 22.6 Å². The van der Waals surface area contributed by atoms with Gasteiger partial charge in [0.25, 0.3) is 0 Å². The fraction of sp³-hybridized carbons (Fsp3) is 0.500. The molecule has 0 N–H and O–H groups in total. The van der Waals surface area contributed by atoms with Crippen molar-refractivity contribution in [3.8, 4) is 0 Å². The number of thioether (sulfide) groups is 2. The molecule has 0 aliphatic carbocycles. The van der Waals surface area contributed by atoms with Gasteiger partial charge in [-0.2, -0.15) is 0 Å². The molecule has 2 rings (SSSR count). The van der Waals surface area contributed by atoms with Gasteiger partial charge in [-0.15, -0.1) is 35.1 Å². The minimum atomic E-state index is 0.298.